The fraction of sp³-hybridized carbons (Fsp3) is 0. The third kappa shape index (κ3) is 1.07. The molecule has 0 fully saturated rings. The van der Waals surface area contributed by atoms with E-state index in [-0.39, 0.29) is 0 Å². The molecule has 0 saturated heterocycles. The standard InChI is InChI=1S/C7H4BN3/c8-5-3-6-7(11-4-5)10-2-1-9-6/h1-4H. The van der Waals surface area contributed by atoms with Crippen molar-refractivity contribution < 1.29 is 0 Å². The van der Waals surface area contributed by atoms with E-state index < -0.39 is 0 Å². The van der Waals surface area contributed by atoms with E-state index in [1.54, 1.807) is 24.7 Å². The van der Waals surface area contributed by atoms with E-state index in [1.165, 1.54) is 0 Å². The lowest BCUT2D eigenvalue weighted by Gasteiger charge is -1.94. The van der Waals surface area contributed by atoms with E-state index in [0.29, 0.717) is 11.1 Å². The van der Waals surface area contributed by atoms with E-state index in [4.69, 9.17) is 7.85 Å². The molecule has 0 bridgehead atoms. The van der Waals surface area contributed by atoms with Gasteiger partial charge in [0.2, 0.25) is 0 Å². The van der Waals surface area contributed by atoms with E-state index in [1.807, 2.05) is 0 Å². The second-order valence-corrected chi connectivity index (χ2v) is 2.17. The van der Waals surface area contributed by atoms with Crippen molar-refractivity contribution in [3.63, 3.8) is 0 Å². The Morgan fingerprint density at radius 2 is 1.91 bits per heavy atom. The second-order valence-electron chi connectivity index (χ2n) is 2.17. The Balaban J connectivity index is 2.83. The number of pyridine rings is 1. The average Bonchev–Trinajstić information content (AvgIpc) is 2.04. The Labute approximate surface area is 64.9 Å². The summed E-state index contributed by atoms with van der Waals surface area (Å²) in [5.41, 5.74) is 1.97. The van der Waals surface area contributed by atoms with Crippen LogP contribution in [0.25, 0.3) is 11.2 Å². The molecule has 50 valence electrons. The Morgan fingerprint density at radius 3 is 2.82 bits per heavy atom. The molecule has 2 aromatic rings. The van der Waals surface area contributed by atoms with Gasteiger partial charge in [0.1, 0.15) is 13.4 Å². The third-order valence-electron chi connectivity index (χ3n) is 1.35. The summed E-state index contributed by atoms with van der Waals surface area (Å²) in [6, 6.07) is 1.75. The quantitative estimate of drug-likeness (QED) is 0.477. The first-order valence-electron chi connectivity index (χ1n) is 3.18. The first-order chi connectivity index (χ1) is 5.36. The zero-order chi connectivity index (χ0) is 7.68. The maximum atomic E-state index is 5.49. The van der Waals surface area contributed by atoms with Gasteiger partial charge < -0.3 is 0 Å². The molecule has 4 heteroatoms. The van der Waals surface area contributed by atoms with Crippen LogP contribution in [-0.2, 0) is 0 Å². The van der Waals surface area contributed by atoms with Crippen molar-refractivity contribution in [3.05, 3.63) is 24.7 Å². The highest BCUT2D eigenvalue weighted by Crippen LogP contribution is 1.99. The molecule has 0 aliphatic carbocycles. The highest BCUT2D eigenvalue weighted by Gasteiger charge is 1.93. The highest BCUT2D eigenvalue weighted by atomic mass is 14.9. The molecule has 0 aliphatic heterocycles. The zero-order valence-corrected chi connectivity index (χ0v) is 5.73. The largest absolute Gasteiger partial charge is 0.251 e. The number of nitrogens with zero attached hydrogens (tertiary/aromatic N) is 3. The zero-order valence-electron chi connectivity index (χ0n) is 5.73. The number of rotatable bonds is 0. The van der Waals surface area contributed by atoms with E-state index in [9.17, 15) is 0 Å². The fourth-order valence-electron chi connectivity index (χ4n) is 0.874. The summed E-state index contributed by atoms with van der Waals surface area (Å²) in [4.78, 5) is 12.0. The van der Waals surface area contributed by atoms with Crippen LogP contribution in [0.2, 0.25) is 0 Å². The smallest absolute Gasteiger partial charge is 0.178 e. The van der Waals surface area contributed by atoms with Crippen LogP contribution in [0.4, 0.5) is 0 Å². The Bertz CT molecular complexity index is 388. The van der Waals surface area contributed by atoms with Gasteiger partial charge in [-0.05, 0) is 6.07 Å². The molecular formula is C7H4BN3. The first kappa shape index (κ1) is 6.28. The van der Waals surface area contributed by atoms with Gasteiger partial charge in [0, 0.05) is 18.6 Å². The van der Waals surface area contributed by atoms with Crippen LogP contribution < -0.4 is 5.46 Å². The molecule has 2 radical (unpaired) electrons. The molecular weight excluding hydrogens is 137 g/mol. The molecule has 0 N–H and O–H groups in total. The van der Waals surface area contributed by atoms with Gasteiger partial charge in [-0.3, -0.25) is 4.98 Å². The number of aromatic nitrogens is 3. The monoisotopic (exact) mass is 141 g/mol. The second kappa shape index (κ2) is 2.30. The van der Waals surface area contributed by atoms with Crippen LogP contribution in [0, 0.1) is 0 Å². The Morgan fingerprint density at radius 1 is 1.09 bits per heavy atom. The van der Waals surface area contributed by atoms with Gasteiger partial charge in [0.25, 0.3) is 0 Å². The summed E-state index contributed by atoms with van der Waals surface area (Å²) in [6.45, 7) is 0. The summed E-state index contributed by atoms with van der Waals surface area (Å²) in [5.74, 6) is 0. The molecule has 0 atom stereocenters. The van der Waals surface area contributed by atoms with Crippen molar-refractivity contribution in [2.75, 3.05) is 0 Å². The van der Waals surface area contributed by atoms with E-state index >= 15 is 0 Å². The van der Waals surface area contributed by atoms with Crippen molar-refractivity contribution in [1.29, 1.82) is 0 Å². The Hall–Kier alpha value is -1.45. The lowest BCUT2D eigenvalue weighted by atomic mass is 9.99. The molecule has 11 heavy (non-hydrogen) atoms. The van der Waals surface area contributed by atoms with Gasteiger partial charge in [0.05, 0.1) is 0 Å². The predicted octanol–water partition coefficient (Wildman–Crippen LogP) is -0.181. The molecule has 0 aliphatic rings. The highest BCUT2D eigenvalue weighted by molar-refractivity contribution is 6.32. The normalized spacial score (nSPS) is 10.2. The summed E-state index contributed by atoms with van der Waals surface area (Å²) in [7, 11) is 5.49. The lowest BCUT2D eigenvalue weighted by molar-refractivity contribution is 1.23. The molecule has 2 heterocycles. The minimum Gasteiger partial charge on any atom is -0.251 e. The van der Waals surface area contributed by atoms with Crippen LogP contribution >= 0.6 is 0 Å². The van der Waals surface area contributed by atoms with Crippen LogP contribution in [0.1, 0.15) is 0 Å². The summed E-state index contributed by atoms with van der Waals surface area (Å²) >= 11 is 0. The Kier molecular flexibility index (Phi) is 1.32. The van der Waals surface area contributed by atoms with Crippen LogP contribution in [0.3, 0.4) is 0 Å². The summed E-state index contributed by atoms with van der Waals surface area (Å²) in [6.07, 6.45) is 4.78. The van der Waals surface area contributed by atoms with Gasteiger partial charge in [0.15, 0.2) is 5.65 Å². The van der Waals surface area contributed by atoms with E-state index in [2.05, 4.69) is 15.0 Å². The molecule has 0 amide bonds. The maximum absolute atomic E-state index is 5.49. The van der Waals surface area contributed by atoms with Crippen LogP contribution in [-0.4, -0.2) is 22.8 Å². The lowest BCUT2D eigenvalue weighted by Crippen LogP contribution is -2.03. The minimum atomic E-state index is 0.609. The average molecular weight is 141 g/mol. The number of hydrogen-bond donors (Lipinski definition) is 0. The minimum absolute atomic E-state index is 0.609. The maximum Gasteiger partial charge on any atom is 0.178 e. The van der Waals surface area contributed by atoms with Crippen molar-refractivity contribution in [1.82, 2.24) is 15.0 Å². The van der Waals surface area contributed by atoms with Gasteiger partial charge in [-0.2, -0.15) is 0 Å². The van der Waals surface area contributed by atoms with Crippen LogP contribution in [0.15, 0.2) is 24.7 Å². The van der Waals surface area contributed by atoms with Gasteiger partial charge in [-0.15, -0.1) is 0 Å². The van der Waals surface area contributed by atoms with Crippen molar-refractivity contribution in [2.45, 2.75) is 0 Å². The van der Waals surface area contributed by atoms with E-state index in [0.717, 1.165) is 5.52 Å². The third-order valence-corrected chi connectivity index (χ3v) is 1.35. The molecule has 2 aromatic heterocycles. The molecule has 0 saturated carbocycles. The number of fused-ring (bicyclic) bond motifs is 1. The molecule has 0 spiro atoms. The molecule has 2 rings (SSSR count). The van der Waals surface area contributed by atoms with Gasteiger partial charge >= 0.3 is 0 Å². The van der Waals surface area contributed by atoms with Crippen LogP contribution in [0.5, 0.6) is 0 Å². The topological polar surface area (TPSA) is 38.7 Å². The molecule has 0 unspecified atom stereocenters. The summed E-state index contributed by atoms with van der Waals surface area (Å²) < 4.78 is 0. The van der Waals surface area contributed by atoms with Crippen molar-refractivity contribution in [2.24, 2.45) is 0 Å². The first-order valence-corrected chi connectivity index (χ1v) is 3.18. The van der Waals surface area contributed by atoms with Gasteiger partial charge in [-0.1, -0.05) is 5.46 Å². The SMILES string of the molecule is [B]c1cnc2nccnc2c1. The molecule has 3 nitrogen and oxygen atoms in total. The number of hydrogen-bond acceptors (Lipinski definition) is 3. The van der Waals surface area contributed by atoms with Crippen molar-refractivity contribution >= 4 is 24.5 Å². The summed E-state index contributed by atoms with van der Waals surface area (Å²) in [5, 5.41) is 0. The molecule has 0 aromatic carbocycles. The fourth-order valence-corrected chi connectivity index (χ4v) is 0.874. The van der Waals surface area contributed by atoms with Crippen molar-refractivity contribution in [3.8, 4) is 0 Å². The predicted molar refractivity (Wildman–Crippen MR) is 42.7 cm³/mol. The van der Waals surface area contributed by atoms with Gasteiger partial charge in [-0.25, -0.2) is 9.97 Å².